The van der Waals surface area contributed by atoms with Crippen LogP contribution in [0.1, 0.15) is 30.7 Å². The van der Waals surface area contributed by atoms with Gasteiger partial charge in [0.2, 0.25) is 0 Å². The Labute approximate surface area is 114 Å². The first kappa shape index (κ1) is 13.8. The number of rotatable bonds is 6. The van der Waals surface area contributed by atoms with Crippen molar-refractivity contribution in [1.29, 1.82) is 0 Å². The Hall–Kier alpha value is -1.58. The molecule has 3 heteroatoms. The van der Waals surface area contributed by atoms with Crippen molar-refractivity contribution in [2.45, 2.75) is 25.8 Å². The summed E-state index contributed by atoms with van der Waals surface area (Å²) in [7, 11) is 1.72. The van der Waals surface area contributed by atoms with Crippen LogP contribution in [-0.4, -0.2) is 13.7 Å². The number of methoxy groups -OCH3 is 1. The highest BCUT2D eigenvalue weighted by molar-refractivity contribution is 5.62. The molecule has 0 saturated carbocycles. The van der Waals surface area contributed by atoms with Crippen LogP contribution in [0, 0.1) is 0 Å². The van der Waals surface area contributed by atoms with Crippen molar-refractivity contribution in [2.75, 3.05) is 13.7 Å². The molecule has 1 heterocycles. The lowest BCUT2D eigenvalue weighted by Crippen LogP contribution is -2.06. The summed E-state index contributed by atoms with van der Waals surface area (Å²) in [6.45, 7) is 2.76. The van der Waals surface area contributed by atoms with Crippen LogP contribution >= 0.6 is 0 Å². The number of nitrogens with two attached hydrogens (primary N) is 1. The van der Waals surface area contributed by atoms with Crippen LogP contribution in [0.5, 0.6) is 0 Å². The average molecular weight is 259 g/mol. The van der Waals surface area contributed by atoms with E-state index in [0.717, 1.165) is 29.9 Å². The fourth-order valence-electron chi connectivity index (χ4n) is 2.09. The topological polar surface area (TPSA) is 48.4 Å². The SMILES string of the molecule is CCC(N)c1ccc(-c2ccccc2CCOC)o1. The zero-order valence-electron chi connectivity index (χ0n) is 11.6. The van der Waals surface area contributed by atoms with Crippen LogP contribution < -0.4 is 5.73 Å². The van der Waals surface area contributed by atoms with Crippen LogP contribution in [0.15, 0.2) is 40.8 Å². The normalized spacial score (nSPS) is 12.6. The van der Waals surface area contributed by atoms with Gasteiger partial charge in [0.1, 0.15) is 11.5 Å². The Morgan fingerprint density at radius 1 is 1.21 bits per heavy atom. The Morgan fingerprint density at radius 3 is 2.74 bits per heavy atom. The van der Waals surface area contributed by atoms with Crippen molar-refractivity contribution in [3.8, 4) is 11.3 Å². The first-order valence-corrected chi connectivity index (χ1v) is 6.68. The van der Waals surface area contributed by atoms with Crippen LogP contribution in [-0.2, 0) is 11.2 Å². The minimum atomic E-state index is -0.0279. The van der Waals surface area contributed by atoms with Crippen molar-refractivity contribution >= 4 is 0 Å². The molecule has 102 valence electrons. The third-order valence-corrected chi connectivity index (χ3v) is 3.29. The highest BCUT2D eigenvalue weighted by Crippen LogP contribution is 2.28. The molecule has 1 aromatic carbocycles. The molecule has 1 atom stereocenters. The summed E-state index contributed by atoms with van der Waals surface area (Å²) in [5.74, 6) is 1.73. The molecule has 0 radical (unpaired) electrons. The van der Waals surface area contributed by atoms with Gasteiger partial charge in [0, 0.05) is 12.7 Å². The number of hydrogen-bond acceptors (Lipinski definition) is 3. The fraction of sp³-hybridized carbons (Fsp3) is 0.375. The molecule has 1 aromatic heterocycles. The third-order valence-electron chi connectivity index (χ3n) is 3.29. The second-order valence-corrected chi connectivity index (χ2v) is 4.62. The minimum Gasteiger partial charge on any atom is -0.459 e. The molecule has 2 rings (SSSR count). The molecule has 19 heavy (non-hydrogen) atoms. The number of furan rings is 1. The third kappa shape index (κ3) is 3.25. The summed E-state index contributed by atoms with van der Waals surface area (Å²) in [5, 5.41) is 0. The zero-order chi connectivity index (χ0) is 13.7. The van der Waals surface area contributed by atoms with Crippen molar-refractivity contribution in [2.24, 2.45) is 5.73 Å². The molecular weight excluding hydrogens is 238 g/mol. The van der Waals surface area contributed by atoms with E-state index in [1.807, 2.05) is 24.3 Å². The molecule has 0 aliphatic carbocycles. The Morgan fingerprint density at radius 2 is 2.00 bits per heavy atom. The van der Waals surface area contributed by atoms with Crippen LogP contribution in [0.2, 0.25) is 0 Å². The maximum atomic E-state index is 5.99. The monoisotopic (exact) mass is 259 g/mol. The Kier molecular flexibility index (Phi) is 4.77. The van der Waals surface area contributed by atoms with Gasteiger partial charge >= 0.3 is 0 Å². The quantitative estimate of drug-likeness (QED) is 0.863. The fourth-order valence-corrected chi connectivity index (χ4v) is 2.09. The molecule has 0 bridgehead atoms. The molecule has 3 nitrogen and oxygen atoms in total. The van der Waals surface area contributed by atoms with E-state index in [-0.39, 0.29) is 6.04 Å². The van der Waals surface area contributed by atoms with Gasteiger partial charge in [-0.25, -0.2) is 0 Å². The van der Waals surface area contributed by atoms with E-state index in [2.05, 4.69) is 19.1 Å². The Bertz CT molecular complexity index is 519. The van der Waals surface area contributed by atoms with Crippen LogP contribution in [0.3, 0.4) is 0 Å². The summed E-state index contributed by atoms with van der Waals surface area (Å²) in [4.78, 5) is 0. The standard InChI is InChI=1S/C16H21NO2/c1-3-14(17)16-9-8-15(19-16)13-7-5-4-6-12(13)10-11-18-2/h4-9,14H,3,10-11,17H2,1-2H3. The lowest BCUT2D eigenvalue weighted by molar-refractivity contribution is 0.202. The summed E-state index contributed by atoms with van der Waals surface area (Å²) in [6, 6.07) is 12.2. The van der Waals surface area contributed by atoms with Gasteiger partial charge in [0.25, 0.3) is 0 Å². The molecule has 0 amide bonds. The lowest BCUT2D eigenvalue weighted by atomic mass is 10.0. The van der Waals surface area contributed by atoms with Gasteiger partial charge in [0.15, 0.2) is 0 Å². The first-order chi connectivity index (χ1) is 9.26. The van der Waals surface area contributed by atoms with Gasteiger partial charge in [-0.1, -0.05) is 31.2 Å². The second-order valence-electron chi connectivity index (χ2n) is 4.62. The number of benzene rings is 1. The molecule has 0 aliphatic rings. The van der Waals surface area contributed by atoms with Gasteiger partial charge < -0.3 is 14.9 Å². The van der Waals surface area contributed by atoms with Gasteiger partial charge in [0.05, 0.1) is 12.6 Å². The maximum absolute atomic E-state index is 5.99. The minimum absolute atomic E-state index is 0.0279. The van der Waals surface area contributed by atoms with E-state index in [0.29, 0.717) is 6.61 Å². The largest absolute Gasteiger partial charge is 0.459 e. The molecule has 2 N–H and O–H groups in total. The molecule has 0 spiro atoms. The van der Waals surface area contributed by atoms with Crippen molar-refractivity contribution in [3.05, 3.63) is 47.7 Å². The first-order valence-electron chi connectivity index (χ1n) is 6.68. The molecular formula is C16H21NO2. The summed E-state index contributed by atoms with van der Waals surface area (Å²) >= 11 is 0. The van der Waals surface area contributed by atoms with E-state index >= 15 is 0 Å². The predicted molar refractivity (Wildman–Crippen MR) is 76.9 cm³/mol. The van der Waals surface area contributed by atoms with Gasteiger partial charge in [-0.15, -0.1) is 0 Å². The second kappa shape index (κ2) is 6.55. The molecule has 1 unspecified atom stereocenters. The number of ether oxygens (including phenoxy) is 1. The molecule has 0 aliphatic heterocycles. The van der Waals surface area contributed by atoms with Gasteiger partial charge in [-0.3, -0.25) is 0 Å². The molecule has 0 fully saturated rings. The summed E-state index contributed by atoms with van der Waals surface area (Å²) < 4.78 is 11.0. The van der Waals surface area contributed by atoms with Crippen molar-refractivity contribution < 1.29 is 9.15 Å². The Balaban J connectivity index is 2.28. The van der Waals surface area contributed by atoms with Crippen molar-refractivity contribution in [1.82, 2.24) is 0 Å². The zero-order valence-corrected chi connectivity index (χ0v) is 11.6. The highest BCUT2D eigenvalue weighted by Gasteiger charge is 2.12. The maximum Gasteiger partial charge on any atom is 0.134 e. The van der Waals surface area contributed by atoms with Crippen LogP contribution in [0.25, 0.3) is 11.3 Å². The van der Waals surface area contributed by atoms with E-state index in [1.54, 1.807) is 7.11 Å². The van der Waals surface area contributed by atoms with E-state index < -0.39 is 0 Å². The van der Waals surface area contributed by atoms with E-state index in [9.17, 15) is 0 Å². The summed E-state index contributed by atoms with van der Waals surface area (Å²) in [5.41, 5.74) is 8.34. The summed E-state index contributed by atoms with van der Waals surface area (Å²) in [6.07, 6.45) is 1.75. The average Bonchev–Trinajstić information content (AvgIpc) is 2.94. The van der Waals surface area contributed by atoms with Crippen LogP contribution in [0.4, 0.5) is 0 Å². The smallest absolute Gasteiger partial charge is 0.134 e. The predicted octanol–water partition coefficient (Wildman–Crippen LogP) is 3.55. The molecule has 2 aromatic rings. The highest BCUT2D eigenvalue weighted by atomic mass is 16.5. The molecule has 0 saturated heterocycles. The van der Waals surface area contributed by atoms with Gasteiger partial charge in [-0.2, -0.15) is 0 Å². The van der Waals surface area contributed by atoms with Gasteiger partial charge in [-0.05, 0) is 30.5 Å². The van der Waals surface area contributed by atoms with E-state index in [4.69, 9.17) is 14.9 Å². The van der Waals surface area contributed by atoms with Crippen molar-refractivity contribution in [3.63, 3.8) is 0 Å². The van der Waals surface area contributed by atoms with E-state index in [1.165, 1.54) is 5.56 Å². The number of hydrogen-bond donors (Lipinski definition) is 1. The lowest BCUT2D eigenvalue weighted by Gasteiger charge is -2.08.